The lowest BCUT2D eigenvalue weighted by Crippen LogP contribution is -2.38. The van der Waals surface area contributed by atoms with Crippen molar-refractivity contribution in [2.45, 2.75) is 44.1 Å². The van der Waals surface area contributed by atoms with Crippen LogP contribution < -0.4 is 10.1 Å². The fourth-order valence-electron chi connectivity index (χ4n) is 4.28. The normalized spacial score (nSPS) is 17.8. The Balaban J connectivity index is 1.53. The zero-order valence-corrected chi connectivity index (χ0v) is 18.2. The topological polar surface area (TPSA) is 84.9 Å². The van der Waals surface area contributed by atoms with E-state index in [-0.39, 0.29) is 17.4 Å². The molecule has 0 bridgehead atoms. The van der Waals surface area contributed by atoms with Crippen LogP contribution in [-0.2, 0) is 21.4 Å². The molecule has 2 aliphatic rings. The average Bonchev–Trinajstić information content (AvgIpc) is 2.73. The molecular formula is C22H26N2O5S. The minimum Gasteiger partial charge on any atom is -0.495 e. The molecule has 7 nitrogen and oxygen atoms in total. The summed E-state index contributed by atoms with van der Waals surface area (Å²) in [6, 6.07) is 9.21. The van der Waals surface area contributed by atoms with Gasteiger partial charge >= 0.3 is 6.09 Å². The molecule has 2 aromatic rings. The number of piperidine rings is 1. The monoisotopic (exact) mass is 430 g/mol. The van der Waals surface area contributed by atoms with E-state index in [0.717, 1.165) is 40.8 Å². The van der Waals surface area contributed by atoms with E-state index < -0.39 is 16.1 Å². The van der Waals surface area contributed by atoms with Gasteiger partial charge in [-0.25, -0.2) is 13.2 Å². The predicted molar refractivity (Wildman–Crippen MR) is 113 cm³/mol. The summed E-state index contributed by atoms with van der Waals surface area (Å²) in [5.74, 6) is 0.613. The highest BCUT2D eigenvalue weighted by atomic mass is 32.2. The number of aryl methyl sites for hydroxylation is 2. The van der Waals surface area contributed by atoms with Crippen molar-refractivity contribution in [3.8, 4) is 5.75 Å². The highest BCUT2D eigenvalue weighted by Crippen LogP contribution is 2.37. The van der Waals surface area contributed by atoms with Gasteiger partial charge in [-0.05, 0) is 67.5 Å². The predicted octanol–water partition coefficient (Wildman–Crippen LogP) is 3.94. The van der Waals surface area contributed by atoms with Crippen molar-refractivity contribution in [3.05, 3.63) is 52.6 Å². The Labute approximate surface area is 177 Å². The number of anilines is 1. The highest BCUT2D eigenvalue weighted by Gasteiger charge is 2.33. The molecule has 1 saturated heterocycles. The number of cyclic esters (lactones) is 1. The first kappa shape index (κ1) is 20.7. The van der Waals surface area contributed by atoms with Crippen molar-refractivity contribution in [2.75, 3.05) is 25.5 Å². The third-order valence-electron chi connectivity index (χ3n) is 5.92. The molecule has 0 radical (unpaired) electrons. The van der Waals surface area contributed by atoms with Crippen molar-refractivity contribution in [3.63, 3.8) is 0 Å². The summed E-state index contributed by atoms with van der Waals surface area (Å²) >= 11 is 0. The van der Waals surface area contributed by atoms with Crippen LogP contribution in [0.3, 0.4) is 0 Å². The van der Waals surface area contributed by atoms with Crippen LogP contribution in [-0.4, -0.2) is 39.0 Å². The highest BCUT2D eigenvalue weighted by molar-refractivity contribution is 7.89. The number of benzene rings is 2. The molecule has 0 aromatic heterocycles. The van der Waals surface area contributed by atoms with Gasteiger partial charge in [0.2, 0.25) is 10.0 Å². The number of fused-ring (bicyclic) bond motifs is 1. The Morgan fingerprint density at radius 2 is 1.87 bits per heavy atom. The summed E-state index contributed by atoms with van der Waals surface area (Å²) in [4.78, 5) is 11.8. The molecule has 4 rings (SSSR count). The second kappa shape index (κ2) is 7.92. The Kier molecular flexibility index (Phi) is 5.46. The summed E-state index contributed by atoms with van der Waals surface area (Å²) in [6.45, 7) is 5.11. The van der Waals surface area contributed by atoms with Crippen LogP contribution in [0.1, 0.15) is 41.0 Å². The number of amides is 1. The van der Waals surface area contributed by atoms with Crippen LogP contribution in [0.2, 0.25) is 0 Å². The Morgan fingerprint density at radius 1 is 1.13 bits per heavy atom. The molecule has 1 fully saturated rings. The molecule has 30 heavy (non-hydrogen) atoms. The van der Waals surface area contributed by atoms with Crippen molar-refractivity contribution in [1.29, 1.82) is 0 Å². The van der Waals surface area contributed by atoms with Crippen LogP contribution >= 0.6 is 0 Å². The number of nitrogens with zero attached hydrogens (tertiary/aromatic N) is 1. The van der Waals surface area contributed by atoms with E-state index in [1.165, 1.54) is 7.11 Å². The van der Waals surface area contributed by atoms with Crippen molar-refractivity contribution >= 4 is 21.8 Å². The second-order valence-corrected chi connectivity index (χ2v) is 9.81. The molecule has 0 unspecified atom stereocenters. The van der Waals surface area contributed by atoms with E-state index >= 15 is 0 Å². The number of hydrogen-bond donors (Lipinski definition) is 1. The quantitative estimate of drug-likeness (QED) is 0.794. The smallest absolute Gasteiger partial charge is 0.411 e. The molecule has 0 saturated carbocycles. The minimum absolute atomic E-state index is 0.210. The first-order valence-electron chi connectivity index (χ1n) is 10.0. The summed E-state index contributed by atoms with van der Waals surface area (Å²) in [6.07, 6.45) is 1.000. The van der Waals surface area contributed by atoms with Crippen LogP contribution in [0.25, 0.3) is 0 Å². The van der Waals surface area contributed by atoms with E-state index in [9.17, 15) is 13.2 Å². The zero-order chi connectivity index (χ0) is 21.5. The van der Waals surface area contributed by atoms with Crippen LogP contribution in [0.15, 0.2) is 35.2 Å². The maximum atomic E-state index is 13.2. The fraction of sp³-hybridized carbons (Fsp3) is 0.409. The maximum Gasteiger partial charge on any atom is 0.411 e. The third kappa shape index (κ3) is 3.77. The number of nitrogens with one attached hydrogen (secondary N) is 1. The number of rotatable bonds is 4. The van der Waals surface area contributed by atoms with Crippen LogP contribution in [0.5, 0.6) is 5.75 Å². The van der Waals surface area contributed by atoms with Gasteiger partial charge in [0.05, 0.1) is 12.8 Å². The van der Waals surface area contributed by atoms with Gasteiger partial charge in [-0.1, -0.05) is 12.1 Å². The largest absolute Gasteiger partial charge is 0.495 e. The molecular weight excluding hydrogens is 404 g/mol. The first-order chi connectivity index (χ1) is 14.3. The van der Waals surface area contributed by atoms with Gasteiger partial charge in [-0.15, -0.1) is 0 Å². The van der Waals surface area contributed by atoms with Crippen LogP contribution in [0, 0.1) is 13.8 Å². The minimum atomic E-state index is -3.62. The molecule has 2 heterocycles. The van der Waals surface area contributed by atoms with Gasteiger partial charge in [0.1, 0.15) is 17.3 Å². The lowest BCUT2D eigenvalue weighted by atomic mass is 9.86. The third-order valence-corrected chi connectivity index (χ3v) is 7.86. The van der Waals surface area contributed by atoms with Crippen molar-refractivity contribution < 1.29 is 22.7 Å². The van der Waals surface area contributed by atoms with Crippen molar-refractivity contribution in [1.82, 2.24) is 4.31 Å². The van der Waals surface area contributed by atoms with Gasteiger partial charge in [-0.3, -0.25) is 5.32 Å². The lowest BCUT2D eigenvalue weighted by molar-refractivity contribution is 0.151. The Hall–Kier alpha value is -2.58. The van der Waals surface area contributed by atoms with Gasteiger partial charge in [0.25, 0.3) is 0 Å². The number of carbonyl (C=O) groups excluding carboxylic acids is 1. The fourth-order valence-corrected chi connectivity index (χ4v) is 5.89. The molecule has 0 aliphatic carbocycles. The number of ether oxygens (including phenoxy) is 2. The van der Waals surface area contributed by atoms with E-state index in [0.29, 0.717) is 18.8 Å². The standard InChI is InChI=1S/C22H26N2O5S/c1-14-4-5-21(20(10-14)28-3)30(26,27)24-8-6-16(7-9-24)18-12-19-17(11-15(18)2)13-29-22(25)23-19/h4-5,10-12,16H,6-9,13H2,1-3H3,(H,23,25). The van der Waals surface area contributed by atoms with Gasteiger partial charge in [-0.2, -0.15) is 4.31 Å². The molecule has 8 heteroatoms. The van der Waals surface area contributed by atoms with E-state index in [1.54, 1.807) is 22.5 Å². The Bertz CT molecular complexity index is 1090. The van der Waals surface area contributed by atoms with Crippen molar-refractivity contribution in [2.24, 2.45) is 0 Å². The number of carbonyl (C=O) groups is 1. The maximum absolute atomic E-state index is 13.2. The average molecular weight is 431 g/mol. The van der Waals surface area contributed by atoms with E-state index in [1.807, 2.05) is 26.0 Å². The SMILES string of the molecule is COc1cc(C)ccc1S(=O)(=O)N1CCC(c2cc3c(cc2C)COC(=O)N3)CC1. The molecule has 0 spiro atoms. The second-order valence-electron chi connectivity index (χ2n) is 7.90. The van der Waals surface area contributed by atoms with Gasteiger partial charge < -0.3 is 9.47 Å². The summed E-state index contributed by atoms with van der Waals surface area (Å²) in [7, 11) is -2.14. The van der Waals surface area contributed by atoms with E-state index in [2.05, 4.69) is 5.32 Å². The Morgan fingerprint density at radius 3 is 2.57 bits per heavy atom. The summed E-state index contributed by atoms with van der Waals surface area (Å²) in [5, 5.41) is 2.76. The molecule has 2 aromatic carbocycles. The molecule has 2 aliphatic heterocycles. The number of sulfonamides is 1. The summed E-state index contributed by atoms with van der Waals surface area (Å²) in [5.41, 5.74) is 4.98. The zero-order valence-electron chi connectivity index (χ0n) is 17.4. The van der Waals surface area contributed by atoms with Gasteiger partial charge in [0, 0.05) is 18.7 Å². The first-order valence-corrected chi connectivity index (χ1v) is 11.5. The van der Waals surface area contributed by atoms with Crippen LogP contribution in [0.4, 0.5) is 10.5 Å². The van der Waals surface area contributed by atoms with E-state index in [4.69, 9.17) is 9.47 Å². The molecule has 160 valence electrons. The molecule has 0 atom stereocenters. The molecule has 1 amide bonds. The molecule has 1 N–H and O–H groups in total. The van der Waals surface area contributed by atoms with Gasteiger partial charge in [0.15, 0.2) is 0 Å². The number of hydrogen-bond acceptors (Lipinski definition) is 5. The number of methoxy groups -OCH3 is 1. The lowest BCUT2D eigenvalue weighted by Gasteiger charge is -2.33. The summed E-state index contributed by atoms with van der Waals surface area (Å²) < 4.78 is 38.3.